The molecular formula is C21H17ClN2O4S. The Morgan fingerprint density at radius 1 is 0.862 bits per heavy atom. The standard InChI is InChI=1S/C21H17ClN2O4S/c1-23-29(27,28)17-9-5-8-15(12-17)21(26)24-19-11-10-16(22)13-18(19)20(25)14-6-3-2-4-7-14/h2-13,23H,1H3,(H,24,26). The van der Waals surface area contributed by atoms with Crippen molar-refractivity contribution in [2.24, 2.45) is 0 Å². The molecule has 0 unspecified atom stereocenters. The number of benzene rings is 3. The zero-order valence-corrected chi connectivity index (χ0v) is 16.9. The molecule has 0 saturated heterocycles. The second-order valence-corrected chi connectivity index (χ2v) is 8.40. The molecule has 2 N–H and O–H groups in total. The summed E-state index contributed by atoms with van der Waals surface area (Å²) in [6.45, 7) is 0. The predicted octanol–water partition coefficient (Wildman–Crippen LogP) is 3.73. The Labute approximate surface area is 173 Å². The van der Waals surface area contributed by atoms with E-state index in [4.69, 9.17) is 11.6 Å². The summed E-state index contributed by atoms with van der Waals surface area (Å²) in [6, 6.07) is 18.8. The first-order valence-corrected chi connectivity index (χ1v) is 10.4. The summed E-state index contributed by atoms with van der Waals surface area (Å²) in [6.07, 6.45) is 0. The smallest absolute Gasteiger partial charge is 0.255 e. The summed E-state index contributed by atoms with van der Waals surface area (Å²) in [4.78, 5) is 25.5. The van der Waals surface area contributed by atoms with Crippen LogP contribution in [0, 0.1) is 0 Å². The van der Waals surface area contributed by atoms with Crippen LogP contribution in [0.1, 0.15) is 26.3 Å². The van der Waals surface area contributed by atoms with Crippen molar-refractivity contribution in [2.75, 3.05) is 12.4 Å². The second-order valence-electron chi connectivity index (χ2n) is 6.07. The monoisotopic (exact) mass is 428 g/mol. The molecule has 29 heavy (non-hydrogen) atoms. The van der Waals surface area contributed by atoms with E-state index >= 15 is 0 Å². The molecule has 1 amide bonds. The molecule has 0 fully saturated rings. The zero-order chi connectivity index (χ0) is 21.0. The van der Waals surface area contributed by atoms with E-state index in [1.54, 1.807) is 36.4 Å². The Kier molecular flexibility index (Phi) is 6.12. The fourth-order valence-electron chi connectivity index (χ4n) is 2.68. The topological polar surface area (TPSA) is 92.3 Å². The fourth-order valence-corrected chi connectivity index (χ4v) is 3.62. The molecular weight excluding hydrogens is 412 g/mol. The maximum absolute atomic E-state index is 12.9. The second kappa shape index (κ2) is 8.57. The highest BCUT2D eigenvalue weighted by atomic mass is 35.5. The normalized spacial score (nSPS) is 11.1. The molecule has 0 saturated carbocycles. The van der Waals surface area contributed by atoms with Gasteiger partial charge in [-0.3, -0.25) is 9.59 Å². The first kappa shape index (κ1) is 20.7. The molecule has 0 bridgehead atoms. The minimum atomic E-state index is -3.69. The number of halogens is 1. The van der Waals surface area contributed by atoms with E-state index in [0.717, 1.165) is 0 Å². The SMILES string of the molecule is CNS(=O)(=O)c1cccc(C(=O)Nc2ccc(Cl)cc2C(=O)c2ccccc2)c1. The average molecular weight is 429 g/mol. The van der Waals surface area contributed by atoms with Crippen LogP contribution >= 0.6 is 11.6 Å². The van der Waals surface area contributed by atoms with Gasteiger partial charge in [0.05, 0.1) is 10.6 Å². The Morgan fingerprint density at radius 2 is 1.55 bits per heavy atom. The molecule has 8 heteroatoms. The van der Waals surface area contributed by atoms with Gasteiger partial charge in [0.1, 0.15) is 0 Å². The molecule has 6 nitrogen and oxygen atoms in total. The highest BCUT2D eigenvalue weighted by Crippen LogP contribution is 2.24. The Hall–Kier alpha value is -3.00. The number of hydrogen-bond donors (Lipinski definition) is 2. The number of ketones is 1. The van der Waals surface area contributed by atoms with Gasteiger partial charge in [-0.1, -0.05) is 48.0 Å². The maximum Gasteiger partial charge on any atom is 0.255 e. The number of hydrogen-bond acceptors (Lipinski definition) is 4. The quantitative estimate of drug-likeness (QED) is 0.585. The van der Waals surface area contributed by atoms with Crippen molar-refractivity contribution in [2.45, 2.75) is 4.90 Å². The van der Waals surface area contributed by atoms with Crippen molar-refractivity contribution < 1.29 is 18.0 Å². The summed E-state index contributed by atoms with van der Waals surface area (Å²) in [7, 11) is -2.40. The van der Waals surface area contributed by atoms with Crippen molar-refractivity contribution in [1.29, 1.82) is 0 Å². The lowest BCUT2D eigenvalue weighted by molar-refractivity contribution is 0.102. The van der Waals surface area contributed by atoms with Crippen molar-refractivity contribution >= 4 is 39.0 Å². The van der Waals surface area contributed by atoms with Crippen LogP contribution in [0.5, 0.6) is 0 Å². The van der Waals surface area contributed by atoms with Crippen molar-refractivity contribution in [3.05, 3.63) is 94.5 Å². The highest BCUT2D eigenvalue weighted by Gasteiger charge is 2.18. The molecule has 148 valence electrons. The number of anilines is 1. The molecule has 0 spiro atoms. The first-order valence-electron chi connectivity index (χ1n) is 8.56. The molecule has 0 aromatic heterocycles. The van der Waals surface area contributed by atoms with Gasteiger partial charge in [-0.2, -0.15) is 0 Å². The van der Waals surface area contributed by atoms with E-state index in [0.29, 0.717) is 10.6 Å². The van der Waals surface area contributed by atoms with Gasteiger partial charge in [-0.15, -0.1) is 0 Å². The number of carbonyl (C=O) groups is 2. The van der Waals surface area contributed by atoms with Gasteiger partial charge >= 0.3 is 0 Å². The molecule has 3 rings (SSSR count). The summed E-state index contributed by atoms with van der Waals surface area (Å²) in [5, 5.41) is 3.02. The molecule has 0 aliphatic carbocycles. The van der Waals surface area contributed by atoms with E-state index < -0.39 is 15.9 Å². The van der Waals surface area contributed by atoms with Crippen molar-refractivity contribution in [3.63, 3.8) is 0 Å². The molecule has 3 aromatic carbocycles. The zero-order valence-electron chi connectivity index (χ0n) is 15.3. The molecule has 0 aliphatic rings. The van der Waals surface area contributed by atoms with Crippen LogP contribution in [0.25, 0.3) is 0 Å². The number of sulfonamides is 1. The lowest BCUT2D eigenvalue weighted by Gasteiger charge is -2.12. The highest BCUT2D eigenvalue weighted by molar-refractivity contribution is 7.89. The van der Waals surface area contributed by atoms with Crippen LogP contribution in [-0.4, -0.2) is 27.2 Å². The van der Waals surface area contributed by atoms with Crippen molar-refractivity contribution in [3.8, 4) is 0 Å². The first-order chi connectivity index (χ1) is 13.8. The summed E-state index contributed by atoms with van der Waals surface area (Å²) < 4.78 is 26.1. The molecule has 0 atom stereocenters. The van der Waals surface area contributed by atoms with Crippen LogP contribution in [0.2, 0.25) is 5.02 Å². The Morgan fingerprint density at radius 3 is 2.24 bits per heavy atom. The maximum atomic E-state index is 12.9. The Balaban J connectivity index is 1.94. The van der Waals surface area contributed by atoms with Crippen molar-refractivity contribution in [1.82, 2.24) is 4.72 Å². The van der Waals surface area contributed by atoms with Gasteiger partial charge in [0.2, 0.25) is 10.0 Å². The van der Waals surface area contributed by atoms with E-state index in [1.165, 1.54) is 43.4 Å². The van der Waals surface area contributed by atoms with Gasteiger partial charge in [0, 0.05) is 21.7 Å². The summed E-state index contributed by atoms with van der Waals surface area (Å²) >= 11 is 6.05. The summed E-state index contributed by atoms with van der Waals surface area (Å²) in [5.41, 5.74) is 1.09. The Bertz CT molecular complexity index is 1180. The minimum absolute atomic E-state index is 0.0376. The third-order valence-electron chi connectivity index (χ3n) is 4.19. The molecule has 0 aliphatic heterocycles. The lowest BCUT2D eigenvalue weighted by Crippen LogP contribution is -2.20. The average Bonchev–Trinajstić information content (AvgIpc) is 2.75. The van der Waals surface area contributed by atoms with Crippen LogP contribution < -0.4 is 10.0 Å². The van der Waals surface area contributed by atoms with Crippen LogP contribution in [0.3, 0.4) is 0 Å². The van der Waals surface area contributed by atoms with E-state index in [1.807, 2.05) is 0 Å². The number of nitrogens with one attached hydrogen (secondary N) is 2. The fraction of sp³-hybridized carbons (Fsp3) is 0.0476. The number of amides is 1. The largest absolute Gasteiger partial charge is 0.321 e. The van der Waals surface area contributed by atoms with Gasteiger partial charge in [0.25, 0.3) is 5.91 Å². The van der Waals surface area contributed by atoms with E-state index in [-0.39, 0.29) is 27.5 Å². The van der Waals surface area contributed by atoms with Gasteiger partial charge in [-0.05, 0) is 43.4 Å². The van der Waals surface area contributed by atoms with E-state index in [9.17, 15) is 18.0 Å². The molecule has 0 heterocycles. The lowest BCUT2D eigenvalue weighted by atomic mass is 10.0. The van der Waals surface area contributed by atoms with Crippen LogP contribution in [0.4, 0.5) is 5.69 Å². The minimum Gasteiger partial charge on any atom is -0.321 e. The molecule has 3 aromatic rings. The molecule has 0 radical (unpaired) electrons. The van der Waals surface area contributed by atoms with Crippen LogP contribution in [0.15, 0.2) is 77.7 Å². The predicted molar refractivity (Wildman–Crippen MR) is 112 cm³/mol. The van der Waals surface area contributed by atoms with Gasteiger partial charge < -0.3 is 5.32 Å². The van der Waals surface area contributed by atoms with Gasteiger partial charge in [0.15, 0.2) is 5.78 Å². The summed E-state index contributed by atoms with van der Waals surface area (Å²) in [5.74, 6) is -0.850. The third-order valence-corrected chi connectivity index (χ3v) is 5.83. The number of rotatable bonds is 6. The number of carbonyl (C=O) groups excluding carboxylic acids is 2. The van der Waals surface area contributed by atoms with Gasteiger partial charge in [-0.25, -0.2) is 13.1 Å². The van der Waals surface area contributed by atoms with E-state index in [2.05, 4.69) is 10.0 Å². The third kappa shape index (κ3) is 4.71. The van der Waals surface area contributed by atoms with Crippen LogP contribution in [-0.2, 0) is 10.0 Å².